The third-order valence-corrected chi connectivity index (χ3v) is 4.09. The highest BCUT2D eigenvalue weighted by molar-refractivity contribution is 9.10. The summed E-state index contributed by atoms with van der Waals surface area (Å²) in [5.74, 6) is 1.01. The molecule has 1 fully saturated rings. The molecule has 1 aromatic carbocycles. The maximum Gasteiger partial charge on any atom is 0.126 e. The van der Waals surface area contributed by atoms with Crippen LogP contribution >= 0.6 is 15.9 Å². The van der Waals surface area contributed by atoms with E-state index in [2.05, 4.69) is 45.3 Å². The predicted octanol–water partition coefficient (Wildman–Crippen LogP) is 3.29. The Hall–Kier alpha value is -1.33. The maximum absolute atomic E-state index is 6.04. The highest BCUT2D eigenvalue weighted by atomic mass is 79.9. The van der Waals surface area contributed by atoms with Crippen LogP contribution in [-0.2, 0) is 13.1 Å². The molecule has 1 heterocycles. The molecule has 21 heavy (non-hydrogen) atoms. The Morgan fingerprint density at radius 2 is 2.29 bits per heavy atom. The second-order valence-electron chi connectivity index (χ2n) is 5.52. The Bertz CT molecular complexity index is 594. The van der Waals surface area contributed by atoms with Gasteiger partial charge in [-0.25, -0.2) is 4.98 Å². The van der Waals surface area contributed by atoms with Crippen LogP contribution < -0.4 is 10.1 Å². The van der Waals surface area contributed by atoms with Crippen molar-refractivity contribution in [3.05, 3.63) is 46.5 Å². The zero-order chi connectivity index (χ0) is 14.7. The third kappa shape index (κ3) is 4.08. The fourth-order valence-corrected chi connectivity index (χ4v) is 2.97. The zero-order valence-electron chi connectivity index (χ0n) is 12.2. The van der Waals surface area contributed by atoms with Gasteiger partial charge in [0.15, 0.2) is 0 Å². The molecule has 0 unspecified atom stereocenters. The highest BCUT2D eigenvalue weighted by Gasteiger charge is 2.21. The summed E-state index contributed by atoms with van der Waals surface area (Å²) >= 11 is 3.57. The average molecular weight is 350 g/mol. The number of hydrogen-bond acceptors (Lipinski definition) is 3. The molecule has 3 rings (SSSR count). The van der Waals surface area contributed by atoms with E-state index in [9.17, 15) is 0 Å². The molecule has 2 aromatic rings. The van der Waals surface area contributed by atoms with Gasteiger partial charge in [-0.3, -0.25) is 0 Å². The van der Waals surface area contributed by atoms with E-state index in [4.69, 9.17) is 4.74 Å². The molecule has 0 bridgehead atoms. The normalized spacial score (nSPS) is 14.4. The number of hydrogen-bond donors (Lipinski definition) is 1. The number of aryl methyl sites for hydroxylation is 1. The van der Waals surface area contributed by atoms with Crippen molar-refractivity contribution in [3.8, 4) is 5.75 Å². The quantitative estimate of drug-likeness (QED) is 0.833. The lowest BCUT2D eigenvalue weighted by Gasteiger charge is -2.16. The molecule has 0 saturated heterocycles. The van der Waals surface area contributed by atoms with Crippen LogP contribution in [0.1, 0.15) is 24.0 Å². The van der Waals surface area contributed by atoms with Gasteiger partial charge in [-0.2, -0.15) is 0 Å². The standard InChI is InChI=1S/C16H20BrN3O/c1-12-8-14(17)9-13(10-19-15-2-3-15)16(12)21-7-6-20-5-4-18-11-20/h4-5,8-9,11,15,19H,2-3,6-7,10H2,1H3. The fourth-order valence-electron chi connectivity index (χ4n) is 2.35. The van der Waals surface area contributed by atoms with Gasteiger partial charge in [0.1, 0.15) is 12.4 Å². The minimum absolute atomic E-state index is 0.648. The first-order valence-corrected chi connectivity index (χ1v) is 8.12. The Balaban J connectivity index is 1.65. The molecule has 1 aromatic heterocycles. The number of aromatic nitrogens is 2. The Kier molecular flexibility index (Phi) is 4.60. The highest BCUT2D eigenvalue weighted by Crippen LogP contribution is 2.29. The summed E-state index contributed by atoms with van der Waals surface area (Å²) in [7, 11) is 0. The minimum atomic E-state index is 0.648. The van der Waals surface area contributed by atoms with Gasteiger partial charge in [0.05, 0.1) is 12.9 Å². The van der Waals surface area contributed by atoms with E-state index in [0.29, 0.717) is 12.6 Å². The van der Waals surface area contributed by atoms with Crippen LogP contribution in [0.5, 0.6) is 5.75 Å². The maximum atomic E-state index is 6.04. The summed E-state index contributed by atoms with van der Waals surface area (Å²) in [5, 5.41) is 3.56. The number of imidazole rings is 1. The van der Waals surface area contributed by atoms with E-state index in [1.807, 2.05) is 17.1 Å². The molecule has 0 aliphatic heterocycles. The minimum Gasteiger partial charge on any atom is -0.491 e. The van der Waals surface area contributed by atoms with Gasteiger partial charge < -0.3 is 14.6 Å². The van der Waals surface area contributed by atoms with Gasteiger partial charge in [0, 0.05) is 35.0 Å². The van der Waals surface area contributed by atoms with Crippen LogP contribution in [0.4, 0.5) is 0 Å². The van der Waals surface area contributed by atoms with Crippen molar-refractivity contribution < 1.29 is 4.74 Å². The van der Waals surface area contributed by atoms with Gasteiger partial charge in [0.25, 0.3) is 0 Å². The molecule has 0 amide bonds. The first-order chi connectivity index (χ1) is 10.2. The SMILES string of the molecule is Cc1cc(Br)cc(CNC2CC2)c1OCCn1ccnc1. The summed E-state index contributed by atoms with van der Waals surface area (Å²) in [6, 6.07) is 4.95. The number of ether oxygens (including phenoxy) is 1. The summed E-state index contributed by atoms with van der Waals surface area (Å²) in [5.41, 5.74) is 2.39. The second-order valence-corrected chi connectivity index (χ2v) is 6.43. The van der Waals surface area contributed by atoms with Gasteiger partial charge in [-0.1, -0.05) is 15.9 Å². The first kappa shape index (κ1) is 14.6. The average Bonchev–Trinajstić information content (AvgIpc) is 3.14. The van der Waals surface area contributed by atoms with Crippen LogP contribution in [0.25, 0.3) is 0 Å². The molecule has 0 atom stereocenters. The number of benzene rings is 1. The third-order valence-electron chi connectivity index (χ3n) is 3.63. The molecular weight excluding hydrogens is 330 g/mol. The fraction of sp³-hybridized carbons (Fsp3) is 0.438. The summed E-state index contributed by atoms with van der Waals surface area (Å²) in [4.78, 5) is 4.04. The van der Waals surface area contributed by atoms with Crippen molar-refractivity contribution >= 4 is 15.9 Å². The number of rotatable bonds is 7. The van der Waals surface area contributed by atoms with E-state index in [1.54, 1.807) is 6.20 Å². The van der Waals surface area contributed by atoms with Gasteiger partial charge in [-0.15, -0.1) is 0 Å². The van der Waals surface area contributed by atoms with Gasteiger partial charge in [-0.05, 0) is 37.5 Å². The largest absolute Gasteiger partial charge is 0.491 e. The van der Waals surface area contributed by atoms with Crippen molar-refractivity contribution in [1.29, 1.82) is 0 Å². The van der Waals surface area contributed by atoms with Crippen molar-refractivity contribution in [2.24, 2.45) is 0 Å². The van der Waals surface area contributed by atoms with Crippen molar-refractivity contribution in [1.82, 2.24) is 14.9 Å². The zero-order valence-corrected chi connectivity index (χ0v) is 13.8. The van der Waals surface area contributed by atoms with Crippen LogP contribution in [0, 0.1) is 6.92 Å². The molecule has 4 nitrogen and oxygen atoms in total. The van der Waals surface area contributed by atoms with E-state index >= 15 is 0 Å². The van der Waals surface area contributed by atoms with Gasteiger partial charge >= 0.3 is 0 Å². The van der Waals surface area contributed by atoms with Crippen molar-refractivity contribution in [3.63, 3.8) is 0 Å². The number of nitrogens with zero attached hydrogens (tertiary/aromatic N) is 2. The Morgan fingerprint density at radius 1 is 1.43 bits per heavy atom. The lowest BCUT2D eigenvalue weighted by molar-refractivity contribution is 0.292. The lowest BCUT2D eigenvalue weighted by Crippen LogP contribution is -2.17. The summed E-state index contributed by atoms with van der Waals surface area (Å²) in [6.07, 6.45) is 8.14. The van der Waals surface area contributed by atoms with Crippen molar-refractivity contribution in [2.75, 3.05) is 6.61 Å². The van der Waals surface area contributed by atoms with Crippen LogP contribution in [0.2, 0.25) is 0 Å². The first-order valence-electron chi connectivity index (χ1n) is 7.33. The smallest absolute Gasteiger partial charge is 0.126 e. The van der Waals surface area contributed by atoms with Crippen LogP contribution in [0.15, 0.2) is 35.3 Å². The molecule has 1 N–H and O–H groups in total. The Labute approximate surface area is 133 Å². The topological polar surface area (TPSA) is 39.1 Å². The molecule has 5 heteroatoms. The molecule has 1 aliphatic rings. The lowest BCUT2D eigenvalue weighted by atomic mass is 10.1. The van der Waals surface area contributed by atoms with E-state index in [-0.39, 0.29) is 0 Å². The molecule has 0 spiro atoms. The Morgan fingerprint density at radius 3 is 3.00 bits per heavy atom. The molecule has 0 radical (unpaired) electrons. The second kappa shape index (κ2) is 6.62. The van der Waals surface area contributed by atoms with Gasteiger partial charge in [0.2, 0.25) is 0 Å². The van der Waals surface area contributed by atoms with Crippen molar-refractivity contribution in [2.45, 2.75) is 38.9 Å². The van der Waals surface area contributed by atoms with Crippen LogP contribution in [0.3, 0.4) is 0 Å². The molecule has 1 saturated carbocycles. The van der Waals surface area contributed by atoms with E-state index in [0.717, 1.165) is 23.3 Å². The monoisotopic (exact) mass is 349 g/mol. The molecular formula is C16H20BrN3O. The number of halogens is 1. The van der Waals surface area contributed by atoms with E-state index < -0.39 is 0 Å². The molecule has 112 valence electrons. The van der Waals surface area contributed by atoms with E-state index in [1.165, 1.54) is 24.0 Å². The summed E-state index contributed by atoms with van der Waals surface area (Å²) < 4.78 is 9.17. The molecule has 1 aliphatic carbocycles. The van der Waals surface area contributed by atoms with Crippen LogP contribution in [-0.4, -0.2) is 22.2 Å². The predicted molar refractivity (Wildman–Crippen MR) is 86.5 cm³/mol. The number of nitrogens with one attached hydrogen (secondary N) is 1. The summed E-state index contributed by atoms with van der Waals surface area (Å²) in [6.45, 7) is 4.42.